The first kappa shape index (κ1) is 16.8. The van der Waals surface area contributed by atoms with E-state index >= 15 is 0 Å². The van der Waals surface area contributed by atoms with Gasteiger partial charge in [-0.25, -0.2) is 4.79 Å². The lowest BCUT2D eigenvalue weighted by Gasteiger charge is -2.08. The van der Waals surface area contributed by atoms with E-state index < -0.39 is 0 Å². The molecule has 0 saturated heterocycles. The summed E-state index contributed by atoms with van der Waals surface area (Å²) in [6, 6.07) is 23.7. The van der Waals surface area contributed by atoms with Gasteiger partial charge in [0, 0.05) is 0 Å². The fourth-order valence-corrected chi connectivity index (χ4v) is 2.51. The van der Waals surface area contributed by atoms with Gasteiger partial charge in [-0.2, -0.15) is 0 Å². The molecule has 25 heavy (non-hydrogen) atoms. The Morgan fingerprint density at radius 3 is 1.92 bits per heavy atom. The molecule has 0 radical (unpaired) electrons. The van der Waals surface area contributed by atoms with E-state index in [9.17, 15) is 4.79 Å². The number of benzene rings is 3. The number of carbonyl (C=O) groups is 1. The standard InChI is InChI=1S/C22H20O3/c1-16-3-7-18(8-4-16)19-11-13-21(14-12-19)25-15-17-5-9-20(10-6-17)22(23)24-2/h3-14H,15H2,1-2H3. The number of aryl methyl sites for hydroxylation is 1. The van der Waals surface area contributed by atoms with Gasteiger partial charge in [-0.1, -0.05) is 54.1 Å². The third-order valence-electron chi connectivity index (χ3n) is 4.02. The lowest BCUT2D eigenvalue weighted by atomic mass is 10.0. The van der Waals surface area contributed by atoms with Gasteiger partial charge < -0.3 is 9.47 Å². The van der Waals surface area contributed by atoms with E-state index in [-0.39, 0.29) is 5.97 Å². The minimum Gasteiger partial charge on any atom is -0.489 e. The second-order valence-electron chi connectivity index (χ2n) is 5.87. The summed E-state index contributed by atoms with van der Waals surface area (Å²) in [7, 11) is 1.37. The molecule has 3 aromatic carbocycles. The van der Waals surface area contributed by atoms with Crippen LogP contribution in [0.4, 0.5) is 0 Å². The highest BCUT2D eigenvalue weighted by Gasteiger charge is 2.05. The van der Waals surface area contributed by atoms with Crippen LogP contribution in [0.3, 0.4) is 0 Å². The first-order valence-electron chi connectivity index (χ1n) is 8.13. The van der Waals surface area contributed by atoms with Crippen LogP contribution in [0.5, 0.6) is 5.75 Å². The van der Waals surface area contributed by atoms with Crippen molar-refractivity contribution in [3.63, 3.8) is 0 Å². The summed E-state index contributed by atoms with van der Waals surface area (Å²) in [5, 5.41) is 0. The maximum atomic E-state index is 11.4. The highest BCUT2D eigenvalue weighted by Crippen LogP contribution is 2.23. The zero-order valence-electron chi connectivity index (χ0n) is 14.4. The largest absolute Gasteiger partial charge is 0.489 e. The lowest BCUT2D eigenvalue weighted by Crippen LogP contribution is -2.01. The molecule has 3 aromatic rings. The molecular weight excluding hydrogens is 312 g/mol. The van der Waals surface area contributed by atoms with Crippen LogP contribution in [0.2, 0.25) is 0 Å². The number of methoxy groups -OCH3 is 1. The number of carbonyl (C=O) groups excluding carboxylic acids is 1. The van der Waals surface area contributed by atoms with E-state index in [0.717, 1.165) is 16.9 Å². The van der Waals surface area contributed by atoms with Crippen LogP contribution >= 0.6 is 0 Å². The fraction of sp³-hybridized carbons (Fsp3) is 0.136. The van der Waals surface area contributed by atoms with Crippen LogP contribution in [0.15, 0.2) is 72.8 Å². The van der Waals surface area contributed by atoms with Gasteiger partial charge in [0.25, 0.3) is 0 Å². The predicted molar refractivity (Wildman–Crippen MR) is 98.7 cm³/mol. The Morgan fingerprint density at radius 2 is 1.36 bits per heavy atom. The average molecular weight is 332 g/mol. The van der Waals surface area contributed by atoms with E-state index in [1.807, 2.05) is 24.3 Å². The van der Waals surface area contributed by atoms with Crippen molar-refractivity contribution in [2.75, 3.05) is 7.11 Å². The van der Waals surface area contributed by atoms with Gasteiger partial charge in [0.15, 0.2) is 0 Å². The Kier molecular flexibility index (Phi) is 5.14. The fourth-order valence-electron chi connectivity index (χ4n) is 2.51. The highest BCUT2D eigenvalue weighted by molar-refractivity contribution is 5.89. The summed E-state index contributed by atoms with van der Waals surface area (Å²) in [6.45, 7) is 2.53. The van der Waals surface area contributed by atoms with Crippen molar-refractivity contribution in [2.45, 2.75) is 13.5 Å². The van der Waals surface area contributed by atoms with Crippen molar-refractivity contribution < 1.29 is 14.3 Å². The smallest absolute Gasteiger partial charge is 0.337 e. The Labute approximate surface area is 147 Å². The van der Waals surface area contributed by atoms with Crippen molar-refractivity contribution in [1.82, 2.24) is 0 Å². The third kappa shape index (κ3) is 4.27. The molecule has 3 heteroatoms. The van der Waals surface area contributed by atoms with Crippen molar-refractivity contribution >= 4 is 5.97 Å². The molecule has 126 valence electrons. The van der Waals surface area contributed by atoms with Gasteiger partial charge in [-0.3, -0.25) is 0 Å². The van der Waals surface area contributed by atoms with Crippen LogP contribution < -0.4 is 4.74 Å². The number of ether oxygens (including phenoxy) is 2. The Morgan fingerprint density at radius 1 is 0.800 bits per heavy atom. The average Bonchev–Trinajstić information content (AvgIpc) is 2.67. The molecule has 3 rings (SSSR count). The molecule has 0 spiro atoms. The molecule has 0 saturated carbocycles. The second kappa shape index (κ2) is 7.67. The van der Waals surface area contributed by atoms with Gasteiger partial charge in [0.05, 0.1) is 12.7 Å². The molecular formula is C22H20O3. The molecule has 0 aliphatic rings. The summed E-state index contributed by atoms with van der Waals surface area (Å²) < 4.78 is 10.5. The number of esters is 1. The van der Waals surface area contributed by atoms with Gasteiger partial charge in [0.2, 0.25) is 0 Å². The number of rotatable bonds is 5. The van der Waals surface area contributed by atoms with E-state index in [1.54, 1.807) is 12.1 Å². The molecule has 0 atom stereocenters. The molecule has 3 nitrogen and oxygen atoms in total. The normalized spacial score (nSPS) is 10.3. The minimum absolute atomic E-state index is 0.334. The monoisotopic (exact) mass is 332 g/mol. The van der Waals surface area contributed by atoms with Gasteiger partial charge in [-0.05, 0) is 47.9 Å². The molecule has 0 amide bonds. The van der Waals surface area contributed by atoms with Crippen molar-refractivity contribution in [1.29, 1.82) is 0 Å². The Bertz CT molecular complexity index is 832. The lowest BCUT2D eigenvalue weighted by molar-refractivity contribution is 0.0600. The quantitative estimate of drug-likeness (QED) is 0.615. The van der Waals surface area contributed by atoms with Gasteiger partial charge >= 0.3 is 5.97 Å². The third-order valence-corrected chi connectivity index (χ3v) is 4.02. The van der Waals surface area contributed by atoms with Crippen molar-refractivity contribution in [3.8, 4) is 16.9 Å². The highest BCUT2D eigenvalue weighted by atomic mass is 16.5. The first-order valence-corrected chi connectivity index (χ1v) is 8.13. The Hall–Kier alpha value is -3.07. The summed E-state index contributed by atoms with van der Waals surface area (Å²) in [4.78, 5) is 11.4. The minimum atomic E-state index is -0.334. The molecule has 0 aromatic heterocycles. The van der Waals surface area contributed by atoms with Crippen LogP contribution in [0.25, 0.3) is 11.1 Å². The van der Waals surface area contributed by atoms with E-state index in [2.05, 4.69) is 48.1 Å². The van der Waals surface area contributed by atoms with Crippen LogP contribution in [0.1, 0.15) is 21.5 Å². The van der Waals surface area contributed by atoms with Gasteiger partial charge in [-0.15, -0.1) is 0 Å². The predicted octanol–water partition coefficient (Wildman–Crippen LogP) is 5.03. The molecule has 0 N–H and O–H groups in total. The Balaban J connectivity index is 1.62. The van der Waals surface area contributed by atoms with Crippen LogP contribution in [0, 0.1) is 6.92 Å². The molecule has 0 bridgehead atoms. The van der Waals surface area contributed by atoms with Gasteiger partial charge in [0.1, 0.15) is 12.4 Å². The van der Waals surface area contributed by atoms with Crippen molar-refractivity contribution in [2.24, 2.45) is 0 Å². The first-order chi connectivity index (χ1) is 12.2. The molecule has 0 aliphatic heterocycles. The SMILES string of the molecule is COC(=O)c1ccc(COc2ccc(-c3ccc(C)cc3)cc2)cc1. The number of hydrogen-bond acceptors (Lipinski definition) is 3. The zero-order chi connectivity index (χ0) is 17.6. The summed E-state index contributed by atoms with van der Waals surface area (Å²) in [5.41, 5.74) is 5.14. The number of hydrogen-bond donors (Lipinski definition) is 0. The van der Waals surface area contributed by atoms with Crippen LogP contribution in [-0.2, 0) is 11.3 Å². The zero-order valence-corrected chi connectivity index (χ0v) is 14.4. The van der Waals surface area contributed by atoms with Crippen LogP contribution in [-0.4, -0.2) is 13.1 Å². The summed E-state index contributed by atoms with van der Waals surface area (Å²) >= 11 is 0. The topological polar surface area (TPSA) is 35.5 Å². The molecule has 0 aliphatic carbocycles. The maximum Gasteiger partial charge on any atom is 0.337 e. The van der Waals surface area contributed by atoms with E-state index in [0.29, 0.717) is 12.2 Å². The van der Waals surface area contributed by atoms with E-state index in [4.69, 9.17) is 4.74 Å². The molecule has 0 heterocycles. The molecule has 0 unspecified atom stereocenters. The van der Waals surface area contributed by atoms with E-state index in [1.165, 1.54) is 18.2 Å². The van der Waals surface area contributed by atoms with Crippen molar-refractivity contribution in [3.05, 3.63) is 89.5 Å². The molecule has 0 fully saturated rings. The maximum absolute atomic E-state index is 11.4. The summed E-state index contributed by atoms with van der Waals surface area (Å²) in [5.74, 6) is 0.479. The summed E-state index contributed by atoms with van der Waals surface area (Å²) in [6.07, 6.45) is 0. The second-order valence-corrected chi connectivity index (χ2v) is 5.87.